The summed E-state index contributed by atoms with van der Waals surface area (Å²) in [6.07, 6.45) is -2.03. The van der Waals surface area contributed by atoms with Gasteiger partial charge in [0.15, 0.2) is 0 Å². The Kier molecular flexibility index (Phi) is 10.0. The Morgan fingerprint density at radius 3 is 2.30 bits per heavy atom. The van der Waals surface area contributed by atoms with Crippen LogP contribution in [-0.2, 0) is 21.2 Å². The molecule has 2 aromatic rings. The Morgan fingerprint density at radius 1 is 1.14 bits per heavy atom. The summed E-state index contributed by atoms with van der Waals surface area (Å²) < 4.78 is 33.3. The molecule has 0 saturated heterocycles. The molecule has 1 amide bonds. The maximum absolute atomic E-state index is 13.5. The van der Waals surface area contributed by atoms with Crippen molar-refractivity contribution in [3.8, 4) is 5.75 Å². The largest absolute Gasteiger partial charge is 0.508 e. The number of alkyl carbamates (subject to hydrolysis) is 1. The molecule has 0 aliphatic carbocycles. The highest BCUT2D eigenvalue weighted by molar-refractivity contribution is 7.89. The zero-order valence-electron chi connectivity index (χ0n) is 21.6. The number of aromatic hydroxyl groups is 1. The van der Waals surface area contributed by atoms with E-state index >= 15 is 0 Å². The van der Waals surface area contributed by atoms with Crippen LogP contribution in [0.1, 0.15) is 40.2 Å². The average Bonchev–Trinajstić information content (AvgIpc) is 2.78. The number of rotatable bonds is 11. The fourth-order valence-electron chi connectivity index (χ4n) is 3.55. The van der Waals surface area contributed by atoms with E-state index in [1.807, 2.05) is 0 Å². The first kappa shape index (κ1) is 30.0. The van der Waals surface area contributed by atoms with E-state index in [-0.39, 0.29) is 41.8 Å². The van der Waals surface area contributed by atoms with Crippen LogP contribution in [0.2, 0.25) is 0 Å². The van der Waals surface area contributed by atoms with Crippen LogP contribution in [0.15, 0.2) is 53.4 Å². The summed E-state index contributed by atoms with van der Waals surface area (Å²) in [5.74, 6) is -0.0813. The summed E-state index contributed by atoms with van der Waals surface area (Å²) in [5.41, 5.74) is -0.495. The third-order valence-corrected chi connectivity index (χ3v) is 7.01. The molecule has 0 radical (unpaired) electrons. The minimum atomic E-state index is -4.22. The number of amides is 1. The first-order valence-electron chi connectivity index (χ1n) is 11.8. The van der Waals surface area contributed by atoms with Gasteiger partial charge in [-0.05, 0) is 56.9 Å². The van der Waals surface area contributed by atoms with Gasteiger partial charge in [0, 0.05) is 25.2 Å². The summed E-state index contributed by atoms with van der Waals surface area (Å²) in [7, 11) is -4.22. The molecule has 0 spiro atoms. The lowest BCUT2D eigenvalue weighted by Crippen LogP contribution is -2.51. The number of sulfonamides is 1. The van der Waals surface area contributed by atoms with Gasteiger partial charge in [0.2, 0.25) is 10.0 Å². The van der Waals surface area contributed by atoms with Crippen LogP contribution in [0, 0.1) is 16.0 Å². The third-order valence-electron chi connectivity index (χ3n) is 5.18. The second kappa shape index (κ2) is 12.3. The SMILES string of the molecule is CC(C)CN(C[C@@H](O)[C@H](Cc1ccc(O)cc1)NC(=O)OC(C)(C)C)S(=O)(=O)c1cccc([N+](=O)[O-])c1. The topological polar surface area (TPSA) is 159 Å². The van der Waals surface area contributed by atoms with Crippen LogP contribution in [0.5, 0.6) is 5.75 Å². The van der Waals surface area contributed by atoms with Crippen LogP contribution in [-0.4, -0.2) is 64.8 Å². The zero-order valence-corrected chi connectivity index (χ0v) is 22.4. The number of phenolic OH excluding ortho intramolecular Hbond substituents is 1. The number of carbonyl (C=O) groups is 1. The molecule has 0 aliphatic rings. The van der Waals surface area contributed by atoms with Crippen molar-refractivity contribution in [2.24, 2.45) is 5.92 Å². The van der Waals surface area contributed by atoms with E-state index in [0.717, 1.165) is 10.4 Å². The first-order valence-corrected chi connectivity index (χ1v) is 13.2. The molecule has 0 unspecified atom stereocenters. The number of benzene rings is 2. The molecule has 3 N–H and O–H groups in total. The number of nitrogens with one attached hydrogen (secondary N) is 1. The number of nitrogens with zero attached hydrogens (tertiary/aromatic N) is 2. The van der Waals surface area contributed by atoms with E-state index in [1.165, 1.54) is 30.3 Å². The Labute approximate surface area is 217 Å². The van der Waals surface area contributed by atoms with Crippen molar-refractivity contribution in [1.29, 1.82) is 0 Å². The fraction of sp³-hybridized carbons (Fsp3) is 0.480. The molecule has 0 bridgehead atoms. The van der Waals surface area contributed by atoms with Gasteiger partial charge in [-0.25, -0.2) is 13.2 Å². The lowest BCUT2D eigenvalue weighted by molar-refractivity contribution is -0.385. The molecule has 0 heterocycles. The number of hydrogen-bond acceptors (Lipinski definition) is 8. The molecule has 37 heavy (non-hydrogen) atoms. The number of nitro benzene ring substituents is 1. The molecule has 2 atom stereocenters. The van der Waals surface area contributed by atoms with Gasteiger partial charge < -0.3 is 20.3 Å². The van der Waals surface area contributed by atoms with Gasteiger partial charge >= 0.3 is 6.09 Å². The number of carbonyl (C=O) groups excluding carboxylic acids is 1. The minimum Gasteiger partial charge on any atom is -0.508 e. The third kappa shape index (κ3) is 9.30. The molecule has 11 nitrogen and oxygen atoms in total. The van der Waals surface area contributed by atoms with Crippen LogP contribution in [0.25, 0.3) is 0 Å². The molecule has 0 fully saturated rings. The molecule has 204 valence electrons. The highest BCUT2D eigenvalue weighted by Crippen LogP contribution is 2.23. The van der Waals surface area contributed by atoms with Crippen molar-refractivity contribution in [2.45, 2.75) is 63.7 Å². The summed E-state index contributed by atoms with van der Waals surface area (Å²) in [5, 5.41) is 34.6. The van der Waals surface area contributed by atoms with Crippen LogP contribution < -0.4 is 5.32 Å². The van der Waals surface area contributed by atoms with Crippen molar-refractivity contribution in [3.63, 3.8) is 0 Å². The van der Waals surface area contributed by atoms with Gasteiger partial charge in [0.05, 0.1) is 22.0 Å². The monoisotopic (exact) mass is 537 g/mol. The first-order chi connectivity index (χ1) is 17.1. The van der Waals surface area contributed by atoms with Crippen LogP contribution in [0.4, 0.5) is 10.5 Å². The molecule has 12 heteroatoms. The number of aliphatic hydroxyl groups excluding tert-OH is 1. The lowest BCUT2D eigenvalue weighted by atomic mass is 10.0. The summed E-state index contributed by atoms with van der Waals surface area (Å²) >= 11 is 0. The maximum atomic E-state index is 13.5. The van der Waals surface area contributed by atoms with Gasteiger partial charge in [-0.15, -0.1) is 0 Å². The normalized spacial score (nSPS) is 13.8. The van der Waals surface area contributed by atoms with Gasteiger partial charge in [-0.1, -0.05) is 32.0 Å². The van der Waals surface area contributed by atoms with E-state index < -0.39 is 38.8 Å². The maximum Gasteiger partial charge on any atom is 0.407 e. The number of aliphatic hydroxyl groups is 1. The van der Waals surface area contributed by atoms with Gasteiger partial charge in [-0.3, -0.25) is 10.1 Å². The Balaban J connectivity index is 2.37. The number of ether oxygens (including phenoxy) is 1. The number of phenols is 1. The number of nitro groups is 1. The molecular formula is C25H35N3O8S. The Bertz CT molecular complexity index is 1180. The van der Waals surface area contributed by atoms with Crippen molar-refractivity contribution >= 4 is 21.8 Å². The second-order valence-electron chi connectivity index (χ2n) is 10.2. The summed E-state index contributed by atoms with van der Waals surface area (Å²) in [4.78, 5) is 22.7. The summed E-state index contributed by atoms with van der Waals surface area (Å²) in [6, 6.07) is 9.93. The molecule has 2 aromatic carbocycles. The van der Waals surface area contributed by atoms with E-state index in [9.17, 15) is 33.5 Å². The Hall–Kier alpha value is -3.22. The van der Waals surface area contributed by atoms with Crippen molar-refractivity contribution in [1.82, 2.24) is 9.62 Å². The molecule has 0 aliphatic heterocycles. The minimum absolute atomic E-state index is 0.0282. The smallest absolute Gasteiger partial charge is 0.407 e. The van der Waals surface area contributed by atoms with Gasteiger partial charge in [0.25, 0.3) is 5.69 Å². The number of hydrogen-bond donors (Lipinski definition) is 3. The van der Waals surface area contributed by atoms with Crippen molar-refractivity contribution < 1.29 is 33.1 Å². The standard InChI is InChI=1S/C25H35N3O8S/c1-17(2)15-27(37(34,35)21-8-6-7-19(14-21)28(32)33)16-23(30)22(26-24(31)36-25(3,4)5)13-18-9-11-20(29)12-10-18/h6-12,14,17,22-23,29-30H,13,15-16H2,1-5H3,(H,26,31)/t22-,23+/m0/s1. The van der Waals surface area contributed by atoms with Crippen LogP contribution in [0.3, 0.4) is 0 Å². The van der Waals surface area contributed by atoms with Gasteiger partial charge in [-0.2, -0.15) is 4.31 Å². The van der Waals surface area contributed by atoms with Crippen molar-refractivity contribution in [2.75, 3.05) is 13.1 Å². The lowest BCUT2D eigenvalue weighted by Gasteiger charge is -2.31. The molecule has 2 rings (SSSR count). The average molecular weight is 538 g/mol. The zero-order chi connectivity index (χ0) is 28.0. The van der Waals surface area contributed by atoms with Crippen LogP contribution >= 0.6 is 0 Å². The molecular weight excluding hydrogens is 502 g/mol. The van der Waals surface area contributed by atoms with E-state index in [2.05, 4.69) is 5.32 Å². The molecule has 0 saturated carbocycles. The van der Waals surface area contributed by atoms with E-state index in [1.54, 1.807) is 46.8 Å². The quantitative estimate of drug-likeness (QED) is 0.290. The Morgan fingerprint density at radius 2 is 1.76 bits per heavy atom. The predicted octanol–water partition coefficient (Wildman–Crippen LogP) is 3.44. The fourth-order valence-corrected chi connectivity index (χ4v) is 5.21. The van der Waals surface area contributed by atoms with E-state index in [0.29, 0.717) is 5.56 Å². The van der Waals surface area contributed by atoms with Crippen molar-refractivity contribution in [3.05, 3.63) is 64.2 Å². The highest BCUT2D eigenvalue weighted by atomic mass is 32.2. The molecule has 0 aromatic heterocycles. The second-order valence-corrected chi connectivity index (χ2v) is 12.1. The van der Waals surface area contributed by atoms with Gasteiger partial charge in [0.1, 0.15) is 11.4 Å². The predicted molar refractivity (Wildman–Crippen MR) is 138 cm³/mol. The van der Waals surface area contributed by atoms with E-state index in [4.69, 9.17) is 4.74 Å². The highest BCUT2D eigenvalue weighted by Gasteiger charge is 2.32. The summed E-state index contributed by atoms with van der Waals surface area (Å²) in [6.45, 7) is 8.31. The number of non-ortho nitro benzene ring substituents is 1.